The van der Waals surface area contributed by atoms with Crippen molar-refractivity contribution in [3.63, 3.8) is 0 Å². The van der Waals surface area contributed by atoms with E-state index in [2.05, 4.69) is 10.2 Å². The first kappa shape index (κ1) is 19.5. The van der Waals surface area contributed by atoms with E-state index in [0.29, 0.717) is 31.7 Å². The number of aryl methyl sites for hydroxylation is 2. The lowest BCUT2D eigenvalue weighted by molar-refractivity contribution is -0.121. The van der Waals surface area contributed by atoms with Crippen LogP contribution >= 0.6 is 0 Å². The number of halogens is 2. The molecule has 0 radical (unpaired) electrons. The van der Waals surface area contributed by atoms with Crippen LogP contribution in [0.3, 0.4) is 0 Å². The number of furan rings is 1. The fraction of sp³-hybridized carbons (Fsp3) is 0.450. The highest BCUT2D eigenvalue weighted by Crippen LogP contribution is 2.23. The van der Waals surface area contributed by atoms with Crippen LogP contribution in [0.2, 0.25) is 0 Å². The maximum absolute atomic E-state index is 13.3. The molecule has 3 rings (SSSR count). The molecule has 7 heteroatoms. The number of hydrogen-bond acceptors (Lipinski definition) is 4. The van der Waals surface area contributed by atoms with E-state index in [-0.39, 0.29) is 18.4 Å². The van der Waals surface area contributed by atoms with Crippen LogP contribution in [0.5, 0.6) is 0 Å². The number of amides is 1. The third-order valence-corrected chi connectivity index (χ3v) is 4.69. The van der Waals surface area contributed by atoms with Gasteiger partial charge < -0.3 is 14.5 Å². The van der Waals surface area contributed by atoms with E-state index in [1.165, 1.54) is 6.07 Å². The number of nitrogens with zero attached hydrogens (tertiary/aromatic N) is 1. The Balaban J connectivity index is 1.55. The monoisotopic (exact) mass is 378 g/mol. The Labute approximate surface area is 157 Å². The topological polar surface area (TPSA) is 54.7 Å². The number of hydrogen-bond donors (Lipinski definition) is 1. The van der Waals surface area contributed by atoms with Crippen molar-refractivity contribution in [3.8, 4) is 0 Å². The molecule has 2 aromatic rings. The zero-order chi connectivity index (χ0) is 19.2. The minimum Gasteiger partial charge on any atom is -0.465 e. The first-order chi connectivity index (χ1) is 13.0. The van der Waals surface area contributed by atoms with Crippen molar-refractivity contribution in [2.45, 2.75) is 25.8 Å². The van der Waals surface area contributed by atoms with E-state index in [1.807, 2.05) is 19.1 Å². The quantitative estimate of drug-likeness (QED) is 0.805. The number of ether oxygens (including phenoxy) is 1. The van der Waals surface area contributed by atoms with Gasteiger partial charge in [0.2, 0.25) is 5.91 Å². The van der Waals surface area contributed by atoms with Gasteiger partial charge >= 0.3 is 0 Å². The molecule has 1 N–H and O–H groups in total. The van der Waals surface area contributed by atoms with Crippen LogP contribution in [0.25, 0.3) is 0 Å². The van der Waals surface area contributed by atoms with Crippen molar-refractivity contribution in [3.05, 3.63) is 59.1 Å². The van der Waals surface area contributed by atoms with Gasteiger partial charge in [0.25, 0.3) is 0 Å². The standard InChI is InChI=1S/C20H24F2N2O3/c1-14-2-6-19(27-14)18(24-8-10-26-11-9-24)13-23-20(25)7-4-15-3-5-16(21)17(22)12-15/h2-3,5-6,12,18H,4,7-11,13H2,1H3,(H,23,25). The second-order valence-electron chi connectivity index (χ2n) is 6.67. The van der Waals surface area contributed by atoms with E-state index in [1.54, 1.807) is 0 Å². The maximum Gasteiger partial charge on any atom is 0.220 e. The summed E-state index contributed by atoms with van der Waals surface area (Å²) >= 11 is 0. The van der Waals surface area contributed by atoms with Gasteiger partial charge in [0.1, 0.15) is 11.5 Å². The highest BCUT2D eigenvalue weighted by atomic mass is 19.2. The molecule has 1 fully saturated rings. The molecule has 5 nitrogen and oxygen atoms in total. The molecule has 2 heterocycles. The number of benzene rings is 1. The Morgan fingerprint density at radius 2 is 1.96 bits per heavy atom. The van der Waals surface area contributed by atoms with E-state index in [9.17, 15) is 13.6 Å². The van der Waals surface area contributed by atoms with Gasteiger partial charge in [-0.2, -0.15) is 0 Å². The van der Waals surface area contributed by atoms with Gasteiger partial charge in [-0.15, -0.1) is 0 Å². The van der Waals surface area contributed by atoms with Gasteiger partial charge in [0.05, 0.1) is 19.3 Å². The fourth-order valence-corrected chi connectivity index (χ4v) is 3.18. The summed E-state index contributed by atoms with van der Waals surface area (Å²) in [6.07, 6.45) is 0.559. The molecule has 0 spiro atoms. The summed E-state index contributed by atoms with van der Waals surface area (Å²) < 4.78 is 37.4. The molecule has 1 aromatic carbocycles. The SMILES string of the molecule is Cc1ccc(C(CNC(=O)CCc2ccc(F)c(F)c2)N2CCOCC2)o1. The molecule has 1 aliphatic rings. The van der Waals surface area contributed by atoms with Gasteiger partial charge in [-0.3, -0.25) is 9.69 Å². The van der Waals surface area contributed by atoms with E-state index >= 15 is 0 Å². The van der Waals surface area contributed by atoms with Crippen LogP contribution in [-0.2, 0) is 16.0 Å². The molecule has 27 heavy (non-hydrogen) atoms. The minimum atomic E-state index is -0.895. The third-order valence-electron chi connectivity index (χ3n) is 4.69. The first-order valence-electron chi connectivity index (χ1n) is 9.11. The van der Waals surface area contributed by atoms with Crippen LogP contribution in [0.15, 0.2) is 34.7 Å². The Morgan fingerprint density at radius 1 is 1.19 bits per heavy atom. The van der Waals surface area contributed by atoms with Crippen LogP contribution in [0.4, 0.5) is 8.78 Å². The molecular weight excluding hydrogens is 354 g/mol. The highest BCUT2D eigenvalue weighted by Gasteiger charge is 2.25. The lowest BCUT2D eigenvalue weighted by Crippen LogP contribution is -2.43. The summed E-state index contributed by atoms with van der Waals surface area (Å²) in [7, 11) is 0. The lowest BCUT2D eigenvalue weighted by Gasteiger charge is -2.33. The average Bonchev–Trinajstić information content (AvgIpc) is 3.10. The molecule has 1 amide bonds. The average molecular weight is 378 g/mol. The normalized spacial score (nSPS) is 16.3. The van der Waals surface area contributed by atoms with Crippen LogP contribution < -0.4 is 5.32 Å². The lowest BCUT2D eigenvalue weighted by atomic mass is 10.1. The van der Waals surface area contributed by atoms with Gasteiger partial charge in [-0.05, 0) is 43.2 Å². The summed E-state index contributed by atoms with van der Waals surface area (Å²) in [4.78, 5) is 14.5. The summed E-state index contributed by atoms with van der Waals surface area (Å²) in [5.41, 5.74) is 0.593. The Kier molecular flexibility index (Phi) is 6.58. The fourth-order valence-electron chi connectivity index (χ4n) is 3.18. The highest BCUT2D eigenvalue weighted by molar-refractivity contribution is 5.76. The van der Waals surface area contributed by atoms with E-state index in [0.717, 1.165) is 36.7 Å². The molecule has 0 aliphatic carbocycles. The van der Waals surface area contributed by atoms with Crippen molar-refractivity contribution in [1.29, 1.82) is 0 Å². The second-order valence-corrected chi connectivity index (χ2v) is 6.67. The molecule has 146 valence electrons. The van der Waals surface area contributed by atoms with Crippen molar-refractivity contribution in [2.75, 3.05) is 32.8 Å². The molecule has 1 atom stereocenters. The van der Waals surface area contributed by atoms with Crippen LogP contribution in [0, 0.1) is 18.6 Å². The zero-order valence-electron chi connectivity index (χ0n) is 15.3. The zero-order valence-corrected chi connectivity index (χ0v) is 15.3. The van der Waals surface area contributed by atoms with Gasteiger partial charge in [0, 0.05) is 26.1 Å². The predicted molar refractivity (Wildman–Crippen MR) is 96.3 cm³/mol. The van der Waals surface area contributed by atoms with Gasteiger partial charge in [0.15, 0.2) is 11.6 Å². The largest absolute Gasteiger partial charge is 0.465 e. The van der Waals surface area contributed by atoms with Crippen molar-refractivity contribution < 1.29 is 22.7 Å². The molecule has 1 aromatic heterocycles. The maximum atomic E-state index is 13.3. The van der Waals surface area contributed by atoms with E-state index < -0.39 is 11.6 Å². The minimum absolute atomic E-state index is 0.0604. The predicted octanol–water partition coefficient (Wildman–Crippen LogP) is 2.99. The number of morpholine rings is 1. The Bertz CT molecular complexity index is 772. The van der Waals surface area contributed by atoms with Gasteiger partial charge in [-0.25, -0.2) is 8.78 Å². The smallest absolute Gasteiger partial charge is 0.220 e. The molecular formula is C20H24F2N2O3. The summed E-state index contributed by atoms with van der Waals surface area (Å²) in [6.45, 7) is 5.16. The van der Waals surface area contributed by atoms with Crippen molar-refractivity contribution >= 4 is 5.91 Å². The van der Waals surface area contributed by atoms with Crippen molar-refractivity contribution in [1.82, 2.24) is 10.2 Å². The van der Waals surface area contributed by atoms with Gasteiger partial charge in [-0.1, -0.05) is 6.07 Å². The van der Waals surface area contributed by atoms with Crippen molar-refractivity contribution in [2.24, 2.45) is 0 Å². The van der Waals surface area contributed by atoms with Crippen LogP contribution in [0.1, 0.15) is 29.5 Å². The Morgan fingerprint density at radius 3 is 2.63 bits per heavy atom. The summed E-state index contributed by atoms with van der Waals surface area (Å²) in [6, 6.07) is 7.49. The molecule has 0 bridgehead atoms. The van der Waals surface area contributed by atoms with E-state index in [4.69, 9.17) is 9.15 Å². The first-order valence-corrected chi connectivity index (χ1v) is 9.11. The summed E-state index contributed by atoms with van der Waals surface area (Å²) in [5.74, 6) is -0.275. The Hall–Kier alpha value is -2.25. The molecule has 1 unspecified atom stereocenters. The molecule has 1 saturated heterocycles. The number of carbonyl (C=O) groups excluding carboxylic acids is 1. The second kappa shape index (κ2) is 9.10. The molecule has 0 saturated carbocycles. The van der Waals surface area contributed by atoms with Crippen LogP contribution in [-0.4, -0.2) is 43.7 Å². The third kappa shape index (κ3) is 5.37. The summed E-state index contributed by atoms with van der Waals surface area (Å²) in [5, 5.41) is 2.93. The number of nitrogens with one attached hydrogen (secondary N) is 1. The number of rotatable bonds is 7. The molecule has 1 aliphatic heterocycles. The number of carbonyl (C=O) groups is 1.